The van der Waals surface area contributed by atoms with Gasteiger partial charge >= 0.3 is 0 Å². The van der Waals surface area contributed by atoms with Gasteiger partial charge in [-0.15, -0.1) is 6.58 Å². The molecule has 1 nitrogen and oxygen atoms in total. The molecular formula is C96H139F5O. The maximum Gasteiger partial charge on any atom is 0.0902 e. The highest BCUT2D eigenvalue weighted by atomic mass is 19.1. The Balaban J connectivity index is 0.00000114. The van der Waals surface area contributed by atoms with Crippen molar-refractivity contribution < 1.29 is 26.7 Å². The van der Waals surface area contributed by atoms with Gasteiger partial charge in [0.25, 0.3) is 0 Å². The number of unbranched alkanes of at least 4 members (excludes halogenated alkanes) is 5. The van der Waals surface area contributed by atoms with Crippen LogP contribution in [0, 0.1) is 0 Å². The Labute approximate surface area is 620 Å². The van der Waals surface area contributed by atoms with E-state index < -0.39 is 0 Å². The molecule has 0 heterocycles. The molecule has 0 aliphatic rings. The predicted molar refractivity (Wildman–Crippen MR) is 436 cm³/mol. The van der Waals surface area contributed by atoms with Gasteiger partial charge in [0.1, 0.15) is 0 Å². The third-order valence-electron chi connectivity index (χ3n) is 22.6. The van der Waals surface area contributed by atoms with Gasteiger partial charge in [-0.1, -0.05) is 297 Å². The van der Waals surface area contributed by atoms with E-state index in [9.17, 15) is 22.0 Å². The Hall–Kier alpha value is -5.85. The smallest absolute Gasteiger partial charge is 0.0902 e. The minimum absolute atomic E-state index is 0.0168. The molecule has 6 rings (SSSR count). The van der Waals surface area contributed by atoms with Crippen LogP contribution >= 0.6 is 0 Å². The van der Waals surface area contributed by atoms with Gasteiger partial charge in [0, 0.05) is 7.11 Å². The Morgan fingerprint density at radius 3 is 0.951 bits per heavy atom. The maximum atomic E-state index is 14.1. The summed E-state index contributed by atoms with van der Waals surface area (Å²) in [6.45, 7) is 42.9. The first-order valence-electron chi connectivity index (χ1n) is 39.2. The van der Waals surface area contributed by atoms with Crippen LogP contribution in [0.1, 0.15) is 342 Å². The molecule has 0 spiro atoms. The quantitative estimate of drug-likeness (QED) is 0.0210. The zero-order valence-electron chi connectivity index (χ0n) is 67.0. The van der Waals surface area contributed by atoms with Crippen LogP contribution < -0.4 is 0 Å². The monoisotopic (exact) mass is 1400 g/mol. The van der Waals surface area contributed by atoms with Crippen LogP contribution in [0.2, 0.25) is 0 Å². The van der Waals surface area contributed by atoms with Crippen molar-refractivity contribution >= 4 is 11.6 Å². The third-order valence-corrected chi connectivity index (χ3v) is 22.6. The minimum Gasteiger partial charge on any atom is -0.374 e. The molecule has 6 aromatic rings. The van der Waals surface area contributed by atoms with E-state index >= 15 is 0 Å². The number of allylic oxidation sites excluding steroid dienone is 2. The number of alkyl halides is 5. The fourth-order valence-corrected chi connectivity index (χ4v) is 14.7. The Bertz CT molecular complexity index is 3270. The molecule has 0 aliphatic carbocycles. The van der Waals surface area contributed by atoms with Gasteiger partial charge in [0.05, 0.1) is 39.0 Å². The van der Waals surface area contributed by atoms with E-state index in [0.29, 0.717) is 43.9 Å². The average Bonchev–Trinajstić information content (AvgIpc) is 0.855. The lowest BCUT2D eigenvalue weighted by Gasteiger charge is -2.30. The van der Waals surface area contributed by atoms with Crippen LogP contribution in [0.3, 0.4) is 0 Å². The number of ether oxygens (including phenoxy) is 1. The highest BCUT2D eigenvalue weighted by Crippen LogP contribution is 2.41. The molecule has 0 amide bonds. The highest BCUT2D eigenvalue weighted by Gasteiger charge is 2.29. The fourth-order valence-electron chi connectivity index (χ4n) is 14.7. The van der Waals surface area contributed by atoms with E-state index in [4.69, 9.17) is 4.74 Å². The molecule has 4 unspecified atom stereocenters. The van der Waals surface area contributed by atoms with Crippen LogP contribution in [-0.2, 0) is 37.4 Å². The molecule has 0 radical (unpaired) electrons. The molecule has 0 aliphatic heterocycles. The van der Waals surface area contributed by atoms with Crippen LogP contribution in [0.15, 0.2) is 171 Å². The van der Waals surface area contributed by atoms with Crippen LogP contribution in [0.4, 0.5) is 22.0 Å². The second-order valence-corrected chi connectivity index (χ2v) is 33.8. The second kappa shape index (κ2) is 44.2. The lowest BCUT2D eigenvalue weighted by Crippen LogP contribution is -2.19. The van der Waals surface area contributed by atoms with Crippen molar-refractivity contribution in [3.63, 3.8) is 0 Å². The first kappa shape index (κ1) is 88.5. The largest absolute Gasteiger partial charge is 0.374 e. The van der Waals surface area contributed by atoms with Crippen molar-refractivity contribution in [3.05, 3.63) is 238 Å². The van der Waals surface area contributed by atoms with E-state index in [-0.39, 0.29) is 77.9 Å². The van der Waals surface area contributed by atoms with Gasteiger partial charge in [0.15, 0.2) is 0 Å². The Morgan fingerprint density at radius 1 is 0.324 bits per heavy atom. The van der Waals surface area contributed by atoms with Crippen molar-refractivity contribution in [3.8, 4) is 0 Å². The van der Waals surface area contributed by atoms with E-state index in [2.05, 4.69) is 243 Å². The molecular weight excluding hydrogens is 1260 g/mol. The van der Waals surface area contributed by atoms with Crippen molar-refractivity contribution in [1.82, 2.24) is 0 Å². The summed E-state index contributed by atoms with van der Waals surface area (Å²) in [6.07, 6.45) is 23.2. The molecule has 0 bridgehead atoms. The number of rotatable bonds is 45. The van der Waals surface area contributed by atoms with Gasteiger partial charge in [-0.25, -0.2) is 0 Å². The summed E-state index contributed by atoms with van der Waals surface area (Å²) in [5, 5.41) is 0. The number of hydrogen-bond acceptors (Lipinski definition) is 1. The highest BCUT2D eigenvalue weighted by molar-refractivity contribution is 5.61. The van der Waals surface area contributed by atoms with Crippen molar-refractivity contribution in [1.29, 1.82) is 0 Å². The maximum absolute atomic E-state index is 14.1. The topological polar surface area (TPSA) is 9.23 Å². The first-order valence-corrected chi connectivity index (χ1v) is 39.2. The molecule has 0 fully saturated rings. The summed E-state index contributed by atoms with van der Waals surface area (Å²) in [5.41, 5.74) is 17.0. The van der Waals surface area contributed by atoms with Gasteiger partial charge in [-0.05, 0) is 248 Å². The zero-order valence-corrected chi connectivity index (χ0v) is 67.0. The van der Waals surface area contributed by atoms with Gasteiger partial charge in [-0.2, -0.15) is 0 Å². The minimum atomic E-state index is -0.349. The summed E-state index contributed by atoms with van der Waals surface area (Å²) < 4.78 is 73.1. The number of benzene rings is 6. The standard InChI is InChI=1S/C80H115F5.C12H16O.C4H8/c1-61(2)62-28-38-71(39-29-62)77(5,6)52-19-16-25-63(26-17-21-57-82)67-30-44-74(45-31-67)79(9,10)54-48-64(23-14-15-24-65(49-58-83)69-36-46-75(47-37-69)80(11,12)55-60-85)68-32-40-73(41-33-68)78(7,8)53-22-27-66(50-59-84)70-34-42-72(43-35-70)76(3,4)51-18-13-20-56-81;1-5-10-6-8-11(9-7-10)12(2,3)13-4;1-4(2)3/h28-47,63-66H,1,13-27,48-60H2,2-12H3;5-9H,1H2,2-4H3;1H2,2-3H3. The number of hydrogen-bond donors (Lipinski definition) is 0. The van der Waals surface area contributed by atoms with Crippen LogP contribution in [-0.4, -0.2) is 40.5 Å². The van der Waals surface area contributed by atoms with E-state index in [0.717, 1.165) is 132 Å². The molecule has 0 saturated heterocycles. The lowest BCUT2D eigenvalue weighted by molar-refractivity contribution is 0.0192. The lowest BCUT2D eigenvalue weighted by atomic mass is 9.75. The van der Waals surface area contributed by atoms with Gasteiger partial charge in [0.2, 0.25) is 0 Å². The molecule has 564 valence electrons. The van der Waals surface area contributed by atoms with Crippen molar-refractivity contribution in [2.75, 3.05) is 40.5 Å². The molecule has 0 saturated carbocycles. The zero-order chi connectivity index (χ0) is 75.6. The fraction of sp³-hybridized carbons (Fsp3) is 0.562. The van der Waals surface area contributed by atoms with E-state index in [1.54, 1.807) is 7.11 Å². The van der Waals surface area contributed by atoms with E-state index in [1.165, 1.54) is 61.2 Å². The SMILES string of the molecule is C=C(C)C.C=C(C)c1ccc(C(C)(C)CCCCC(CCCCF)c2ccc(C(C)(C)CCC(CCCCC(CCF)c3ccc(C(C)(C)CCF)cc3)c3ccc(C(C)(C)CCCC(CCF)c4ccc(C(C)(C)CCCCCF)cc4)cc3)cc2)cc1.C=Cc1ccc(C(C)(C)OC)cc1. The normalized spacial score (nSPS) is 13.5. The molecule has 0 aromatic heterocycles. The van der Waals surface area contributed by atoms with Gasteiger partial charge < -0.3 is 4.74 Å². The third kappa shape index (κ3) is 30.0. The summed E-state index contributed by atoms with van der Waals surface area (Å²) in [7, 11) is 1.72. The number of methoxy groups -OCH3 is 1. The van der Waals surface area contributed by atoms with Crippen molar-refractivity contribution in [2.24, 2.45) is 0 Å². The Kier molecular flexibility index (Phi) is 38.4. The number of halogens is 5. The molecule has 0 N–H and O–H groups in total. The molecule has 6 heteroatoms. The predicted octanol–water partition coefficient (Wildman–Crippen LogP) is 29.9. The van der Waals surface area contributed by atoms with E-state index in [1.807, 2.05) is 32.1 Å². The first-order chi connectivity index (χ1) is 48.3. The molecule has 6 aromatic carbocycles. The van der Waals surface area contributed by atoms with Gasteiger partial charge in [-0.3, -0.25) is 22.0 Å². The molecule has 4 atom stereocenters. The van der Waals surface area contributed by atoms with Crippen molar-refractivity contribution in [2.45, 2.75) is 308 Å². The van der Waals surface area contributed by atoms with Crippen LogP contribution in [0.25, 0.3) is 11.6 Å². The van der Waals surface area contributed by atoms with Crippen LogP contribution in [0.5, 0.6) is 0 Å². The Morgan fingerprint density at radius 2 is 0.608 bits per heavy atom. The second-order valence-electron chi connectivity index (χ2n) is 33.8. The average molecular weight is 1400 g/mol. The summed E-state index contributed by atoms with van der Waals surface area (Å²) in [5.74, 6) is 1.11. The summed E-state index contributed by atoms with van der Waals surface area (Å²) in [4.78, 5) is 0. The molecule has 102 heavy (non-hydrogen) atoms. The summed E-state index contributed by atoms with van der Waals surface area (Å²) >= 11 is 0. The summed E-state index contributed by atoms with van der Waals surface area (Å²) in [6, 6.07) is 53.7.